The first kappa shape index (κ1) is 17.8. The second kappa shape index (κ2) is 8.42. The minimum atomic E-state index is -0.153. The highest BCUT2D eigenvalue weighted by Crippen LogP contribution is 2.21. The van der Waals surface area contributed by atoms with Gasteiger partial charge in [0.15, 0.2) is 5.69 Å². The van der Waals surface area contributed by atoms with Crippen LogP contribution in [0.2, 0.25) is 0 Å². The average molecular weight is 349 g/mol. The van der Waals surface area contributed by atoms with Crippen LogP contribution in [0.4, 0.5) is 0 Å². The summed E-state index contributed by atoms with van der Waals surface area (Å²) in [6, 6.07) is 0.513. The number of hydrogen-bond donors (Lipinski definition) is 1. The van der Waals surface area contributed by atoms with Crippen molar-refractivity contribution < 1.29 is 14.3 Å². The van der Waals surface area contributed by atoms with Gasteiger partial charge in [-0.1, -0.05) is 5.21 Å². The monoisotopic (exact) mass is 349 g/mol. The number of nitrogens with one attached hydrogen (secondary N) is 1. The third-order valence-corrected chi connectivity index (χ3v) is 4.75. The van der Waals surface area contributed by atoms with E-state index in [1.807, 2.05) is 11.8 Å². The number of rotatable bonds is 8. The molecule has 1 atom stereocenters. The van der Waals surface area contributed by atoms with Crippen LogP contribution in [0.5, 0.6) is 0 Å². The number of carbonyl (C=O) groups is 2. The van der Waals surface area contributed by atoms with Crippen molar-refractivity contribution in [2.45, 2.75) is 64.1 Å². The minimum absolute atomic E-state index is 0.0645. The summed E-state index contributed by atoms with van der Waals surface area (Å²) in [4.78, 5) is 26.2. The fourth-order valence-electron chi connectivity index (χ4n) is 3.18. The molecule has 1 saturated heterocycles. The van der Waals surface area contributed by atoms with E-state index in [0.717, 1.165) is 45.1 Å². The molecule has 0 bridgehead atoms. The van der Waals surface area contributed by atoms with Crippen molar-refractivity contribution in [2.24, 2.45) is 0 Å². The van der Waals surface area contributed by atoms with Crippen LogP contribution in [0.25, 0.3) is 0 Å². The lowest BCUT2D eigenvalue weighted by molar-refractivity contribution is -0.139. The zero-order valence-corrected chi connectivity index (χ0v) is 14.8. The number of aryl methyl sites for hydroxylation is 1. The molecule has 8 nitrogen and oxygen atoms in total. The topological polar surface area (TPSA) is 89.4 Å². The van der Waals surface area contributed by atoms with Gasteiger partial charge in [-0.3, -0.25) is 14.3 Å². The van der Waals surface area contributed by atoms with Gasteiger partial charge in [0.25, 0.3) is 5.91 Å². The molecule has 1 aliphatic carbocycles. The Morgan fingerprint density at radius 1 is 1.32 bits per heavy atom. The summed E-state index contributed by atoms with van der Waals surface area (Å²) in [5.41, 5.74) is 0.361. The minimum Gasteiger partial charge on any atom is -0.372 e. The molecule has 2 fully saturated rings. The molecule has 1 aromatic heterocycles. The summed E-state index contributed by atoms with van der Waals surface area (Å²) in [6.07, 6.45) is 7.78. The summed E-state index contributed by atoms with van der Waals surface area (Å²) in [5, 5.41) is 10.9. The van der Waals surface area contributed by atoms with Gasteiger partial charge in [0.1, 0.15) is 6.61 Å². The van der Waals surface area contributed by atoms with Gasteiger partial charge in [-0.2, -0.15) is 0 Å². The lowest BCUT2D eigenvalue weighted by Gasteiger charge is -2.35. The van der Waals surface area contributed by atoms with Crippen LogP contribution in [0.1, 0.15) is 55.9 Å². The number of piperidine rings is 1. The average Bonchev–Trinajstić information content (AvgIpc) is 3.31. The Morgan fingerprint density at radius 3 is 2.92 bits per heavy atom. The van der Waals surface area contributed by atoms with Crippen molar-refractivity contribution in [2.75, 3.05) is 19.8 Å². The highest BCUT2D eigenvalue weighted by atomic mass is 16.5. The van der Waals surface area contributed by atoms with Gasteiger partial charge >= 0.3 is 0 Å². The van der Waals surface area contributed by atoms with Gasteiger partial charge in [0.05, 0.1) is 6.20 Å². The second-order valence-electron chi connectivity index (χ2n) is 6.78. The molecule has 2 amide bonds. The van der Waals surface area contributed by atoms with Crippen LogP contribution in [0.3, 0.4) is 0 Å². The normalized spacial score (nSPS) is 20.5. The van der Waals surface area contributed by atoms with Crippen molar-refractivity contribution in [3.63, 3.8) is 0 Å². The molecule has 2 heterocycles. The number of ether oxygens (including phenoxy) is 1. The van der Waals surface area contributed by atoms with Gasteiger partial charge in [0, 0.05) is 31.8 Å². The summed E-state index contributed by atoms with van der Waals surface area (Å²) in [5.74, 6) is -0.0884. The lowest BCUT2D eigenvalue weighted by Crippen LogP contribution is -2.45. The number of amides is 2. The van der Waals surface area contributed by atoms with Crippen molar-refractivity contribution in [1.82, 2.24) is 25.2 Å². The maximum atomic E-state index is 12.3. The Kier molecular flexibility index (Phi) is 6.01. The number of hydrogen-bond acceptors (Lipinski definition) is 5. The standard InChI is InChI=1S/C17H27N5O3/c1-2-25-12-16(23)22-9-4-3-5-14(22)8-10-21-11-15(19-20-21)17(24)18-13-6-7-13/h11,13-14H,2-10,12H2,1H3,(H,18,24). The largest absolute Gasteiger partial charge is 0.372 e. The fourth-order valence-corrected chi connectivity index (χ4v) is 3.18. The van der Waals surface area contributed by atoms with Gasteiger partial charge in [0.2, 0.25) is 5.91 Å². The van der Waals surface area contributed by atoms with Crippen molar-refractivity contribution in [1.29, 1.82) is 0 Å². The van der Waals surface area contributed by atoms with E-state index in [0.29, 0.717) is 24.9 Å². The molecule has 3 rings (SSSR count). The molecule has 1 aromatic rings. The van der Waals surface area contributed by atoms with E-state index in [-0.39, 0.29) is 24.5 Å². The molecule has 1 N–H and O–H groups in total. The molecule has 1 aliphatic heterocycles. The first-order chi connectivity index (χ1) is 12.2. The van der Waals surface area contributed by atoms with E-state index in [1.165, 1.54) is 0 Å². The predicted octanol–water partition coefficient (Wildman–Crippen LogP) is 0.978. The SMILES string of the molecule is CCOCC(=O)N1CCCCC1CCn1cc(C(=O)NC2CC2)nn1. The maximum absolute atomic E-state index is 12.3. The van der Waals surface area contributed by atoms with Gasteiger partial charge in [-0.15, -0.1) is 5.10 Å². The van der Waals surface area contributed by atoms with Gasteiger partial charge in [-0.25, -0.2) is 0 Å². The van der Waals surface area contributed by atoms with E-state index in [9.17, 15) is 9.59 Å². The fraction of sp³-hybridized carbons (Fsp3) is 0.765. The van der Waals surface area contributed by atoms with Crippen molar-refractivity contribution >= 4 is 11.8 Å². The third-order valence-electron chi connectivity index (χ3n) is 4.75. The molecule has 1 unspecified atom stereocenters. The van der Waals surface area contributed by atoms with Crippen LogP contribution < -0.4 is 5.32 Å². The Hall–Kier alpha value is -1.96. The van der Waals surface area contributed by atoms with Crippen LogP contribution in [-0.4, -0.2) is 63.6 Å². The molecule has 0 radical (unpaired) electrons. The Balaban J connectivity index is 1.51. The molecular weight excluding hydrogens is 322 g/mol. The van der Waals surface area contributed by atoms with E-state index in [2.05, 4.69) is 15.6 Å². The van der Waals surface area contributed by atoms with Gasteiger partial charge in [-0.05, 0) is 45.4 Å². The molecular formula is C17H27N5O3. The molecule has 25 heavy (non-hydrogen) atoms. The van der Waals surface area contributed by atoms with E-state index in [4.69, 9.17) is 4.74 Å². The second-order valence-corrected chi connectivity index (χ2v) is 6.78. The van der Waals surface area contributed by atoms with E-state index < -0.39 is 0 Å². The molecule has 2 aliphatic rings. The van der Waals surface area contributed by atoms with Crippen LogP contribution in [-0.2, 0) is 16.1 Å². The highest BCUT2D eigenvalue weighted by Gasteiger charge is 2.27. The number of aromatic nitrogens is 3. The summed E-state index contributed by atoms with van der Waals surface area (Å²) < 4.78 is 6.96. The van der Waals surface area contributed by atoms with Crippen LogP contribution in [0, 0.1) is 0 Å². The summed E-state index contributed by atoms with van der Waals surface area (Å²) in [6.45, 7) is 4.04. The quantitative estimate of drug-likeness (QED) is 0.756. The summed E-state index contributed by atoms with van der Waals surface area (Å²) in [7, 11) is 0. The Morgan fingerprint density at radius 2 is 2.16 bits per heavy atom. The number of carbonyl (C=O) groups excluding carboxylic acids is 2. The summed E-state index contributed by atoms with van der Waals surface area (Å²) >= 11 is 0. The Bertz CT molecular complexity index is 599. The van der Waals surface area contributed by atoms with Crippen molar-refractivity contribution in [3.05, 3.63) is 11.9 Å². The zero-order valence-electron chi connectivity index (χ0n) is 14.8. The first-order valence-corrected chi connectivity index (χ1v) is 9.25. The lowest BCUT2D eigenvalue weighted by atomic mass is 9.99. The number of nitrogens with zero attached hydrogens (tertiary/aromatic N) is 4. The zero-order chi connectivity index (χ0) is 17.6. The molecule has 1 saturated carbocycles. The van der Waals surface area contributed by atoms with E-state index in [1.54, 1.807) is 10.9 Å². The molecule has 0 aromatic carbocycles. The van der Waals surface area contributed by atoms with Gasteiger partial charge < -0.3 is 15.0 Å². The maximum Gasteiger partial charge on any atom is 0.273 e. The number of likely N-dealkylation sites (tertiary alicyclic amines) is 1. The third kappa shape index (κ3) is 5.01. The predicted molar refractivity (Wildman–Crippen MR) is 91.0 cm³/mol. The Labute approximate surface area is 147 Å². The molecule has 138 valence electrons. The molecule has 0 spiro atoms. The highest BCUT2D eigenvalue weighted by molar-refractivity contribution is 5.92. The molecule has 8 heteroatoms. The van der Waals surface area contributed by atoms with Crippen LogP contribution >= 0.6 is 0 Å². The van der Waals surface area contributed by atoms with Crippen molar-refractivity contribution in [3.8, 4) is 0 Å². The van der Waals surface area contributed by atoms with E-state index >= 15 is 0 Å². The first-order valence-electron chi connectivity index (χ1n) is 9.25. The van der Waals surface area contributed by atoms with Crippen LogP contribution in [0.15, 0.2) is 6.20 Å². The smallest absolute Gasteiger partial charge is 0.273 e.